The van der Waals surface area contributed by atoms with Crippen LogP contribution in [0.2, 0.25) is 0 Å². The molecule has 1 fully saturated rings. The van der Waals surface area contributed by atoms with E-state index < -0.39 is 0 Å². The molecule has 1 N–H and O–H groups in total. The number of nitrogens with zero attached hydrogens (tertiary/aromatic N) is 1. The number of hydrogen-bond donors (Lipinski definition) is 1. The SMILES string of the molecule is C=CNC1CN(Cc2ccccc2)CCC1C=C. The second-order valence-corrected chi connectivity index (χ2v) is 4.89. The van der Waals surface area contributed by atoms with Gasteiger partial charge in [-0.25, -0.2) is 0 Å². The third-order valence-electron chi connectivity index (χ3n) is 3.63. The summed E-state index contributed by atoms with van der Waals surface area (Å²) in [5, 5.41) is 3.35. The molecule has 0 aliphatic carbocycles. The molecule has 2 unspecified atom stereocenters. The Bertz CT molecular complexity index is 385. The zero-order valence-electron chi connectivity index (χ0n) is 10.9. The average Bonchev–Trinajstić information content (AvgIpc) is 2.41. The highest BCUT2D eigenvalue weighted by Gasteiger charge is 2.26. The van der Waals surface area contributed by atoms with Crippen molar-refractivity contribution >= 4 is 0 Å². The first-order valence-electron chi connectivity index (χ1n) is 6.59. The highest BCUT2D eigenvalue weighted by atomic mass is 15.2. The summed E-state index contributed by atoms with van der Waals surface area (Å²) in [5.41, 5.74) is 1.38. The minimum absolute atomic E-state index is 0.442. The number of hydrogen-bond acceptors (Lipinski definition) is 2. The fourth-order valence-corrected chi connectivity index (χ4v) is 2.63. The minimum atomic E-state index is 0.442. The van der Waals surface area contributed by atoms with Gasteiger partial charge in [-0.2, -0.15) is 0 Å². The van der Waals surface area contributed by atoms with E-state index in [1.165, 1.54) is 12.0 Å². The van der Waals surface area contributed by atoms with Crippen molar-refractivity contribution < 1.29 is 0 Å². The number of benzene rings is 1. The normalized spacial score (nSPS) is 24.4. The van der Waals surface area contributed by atoms with E-state index in [1.54, 1.807) is 6.20 Å². The van der Waals surface area contributed by atoms with E-state index in [0.717, 1.165) is 19.6 Å². The summed E-state index contributed by atoms with van der Waals surface area (Å²) in [6, 6.07) is 11.1. The molecule has 0 amide bonds. The van der Waals surface area contributed by atoms with Crippen LogP contribution in [-0.4, -0.2) is 24.0 Å². The predicted octanol–water partition coefficient (Wildman–Crippen LogP) is 2.80. The van der Waals surface area contributed by atoms with Crippen LogP contribution >= 0.6 is 0 Å². The van der Waals surface area contributed by atoms with Crippen molar-refractivity contribution in [1.82, 2.24) is 10.2 Å². The van der Waals surface area contributed by atoms with Crippen molar-refractivity contribution in [1.29, 1.82) is 0 Å². The molecule has 18 heavy (non-hydrogen) atoms. The molecule has 96 valence electrons. The summed E-state index contributed by atoms with van der Waals surface area (Å²) in [6.07, 6.45) is 5.04. The van der Waals surface area contributed by atoms with Crippen LogP contribution in [0, 0.1) is 5.92 Å². The maximum absolute atomic E-state index is 3.93. The Kier molecular flexibility index (Phi) is 4.59. The van der Waals surface area contributed by atoms with Gasteiger partial charge >= 0.3 is 0 Å². The first-order valence-corrected chi connectivity index (χ1v) is 6.59. The molecule has 1 saturated heterocycles. The maximum atomic E-state index is 3.93. The van der Waals surface area contributed by atoms with Crippen molar-refractivity contribution in [3.8, 4) is 0 Å². The monoisotopic (exact) mass is 242 g/mol. The van der Waals surface area contributed by atoms with E-state index in [2.05, 4.69) is 59.8 Å². The van der Waals surface area contributed by atoms with Gasteiger partial charge < -0.3 is 5.32 Å². The van der Waals surface area contributed by atoms with E-state index in [0.29, 0.717) is 12.0 Å². The third kappa shape index (κ3) is 3.23. The van der Waals surface area contributed by atoms with Crippen LogP contribution in [0.4, 0.5) is 0 Å². The molecule has 0 radical (unpaired) electrons. The van der Waals surface area contributed by atoms with E-state index >= 15 is 0 Å². The van der Waals surface area contributed by atoms with Crippen LogP contribution in [0.15, 0.2) is 55.8 Å². The van der Waals surface area contributed by atoms with Crippen molar-refractivity contribution in [2.45, 2.75) is 19.0 Å². The second kappa shape index (κ2) is 6.41. The molecule has 1 aliphatic rings. The molecular formula is C16H22N2. The lowest BCUT2D eigenvalue weighted by Gasteiger charge is -2.37. The van der Waals surface area contributed by atoms with Crippen molar-refractivity contribution in [2.24, 2.45) is 5.92 Å². The standard InChI is InChI=1S/C16H22N2/c1-3-15-10-11-18(13-16(15)17-4-2)12-14-8-6-5-7-9-14/h3-9,15-17H,1-2,10-13H2. The molecule has 0 aromatic heterocycles. The van der Waals surface area contributed by atoms with Crippen molar-refractivity contribution in [2.75, 3.05) is 13.1 Å². The largest absolute Gasteiger partial charge is 0.387 e. The highest BCUT2D eigenvalue weighted by molar-refractivity contribution is 5.14. The van der Waals surface area contributed by atoms with Gasteiger partial charge in [-0.1, -0.05) is 43.0 Å². The molecule has 0 spiro atoms. The lowest BCUT2D eigenvalue weighted by Crippen LogP contribution is -2.48. The molecule has 1 aromatic rings. The van der Waals surface area contributed by atoms with Crippen LogP contribution < -0.4 is 5.32 Å². The van der Waals surface area contributed by atoms with Gasteiger partial charge in [0, 0.05) is 19.1 Å². The van der Waals surface area contributed by atoms with Crippen LogP contribution in [0.1, 0.15) is 12.0 Å². The fourth-order valence-electron chi connectivity index (χ4n) is 2.63. The maximum Gasteiger partial charge on any atom is 0.0445 e. The lowest BCUT2D eigenvalue weighted by molar-refractivity contribution is 0.162. The minimum Gasteiger partial charge on any atom is -0.387 e. The molecule has 2 atom stereocenters. The zero-order chi connectivity index (χ0) is 12.8. The smallest absolute Gasteiger partial charge is 0.0445 e. The van der Waals surface area contributed by atoms with Crippen LogP contribution in [0.5, 0.6) is 0 Å². The van der Waals surface area contributed by atoms with Gasteiger partial charge in [0.25, 0.3) is 0 Å². The molecule has 2 nitrogen and oxygen atoms in total. The molecule has 1 heterocycles. The first-order chi connectivity index (χ1) is 8.83. The van der Waals surface area contributed by atoms with Gasteiger partial charge in [-0.15, -0.1) is 6.58 Å². The first kappa shape index (κ1) is 12.9. The summed E-state index contributed by atoms with van der Waals surface area (Å²) < 4.78 is 0. The Labute approximate surface area is 110 Å². The van der Waals surface area contributed by atoms with Gasteiger partial charge in [-0.05, 0) is 30.6 Å². The van der Waals surface area contributed by atoms with Crippen LogP contribution in [0.3, 0.4) is 0 Å². The molecule has 2 heteroatoms. The van der Waals surface area contributed by atoms with Crippen LogP contribution in [-0.2, 0) is 6.54 Å². The molecule has 0 bridgehead atoms. The summed E-state index contributed by atoms with van der Waals surface area (Å²) in [7, 11) is 0. The average molecular weight is 242 g/mol. The second-order valence-electron chi connectivity index (χ2n) is 4.89. The van der Waals surface area contributed by atoms with Gasteiger partial charge in [0.15, 0.2) is 0 Å². The number of likely N-dealkylation sites (tertiary alicyclic amines) is 1. The Morgan fingerprint density at radius 1 is 1.28 bits per heavy atom. The summed E-state index contributed by atoms with van der Waals surface area (Å²) in [4.78, 5) is 2.50. The van der Waals surface area contributed by atoms with Gasteiger partial charge in [0.2, 0.25) is 0 Å². The Hall–Kier alpha value is -1.54. The molecule has 1 aromatic carbocycles. The number of nitrogens with one attached hydrogen (secondary N) is 1. The number of piperidine rings is 1. The number of rotatable bonds is 5. The topological polar surface area (TPSA) is 15.3 Å². The lowest BCUT2D eigenvalue weighted by atomic mass is 9.91. The molecule has 2 rings (SSSR count). The van der Waals surface area contributed by atoms with Crippen molar-refractivity contribution in [3.63, 3.8) is 0 Å². The van der Waals surface area contributed by atoms with Crippen molar-refractivity contribution in [3.05, 3.63) is 61.3 Å². The fraction of sp³-hybridized carbons (Fsp3) is 0.375. The Morgan fingerprint density at radius 2 is 2.06 bits per heavy atom. The predicted molar refractivity (Wildman–Crippen MR) is 77.1 cm³/mol. The van der Waals surface area contributed by atoms with Gasteiger partial charge in [0.1, 0.15) is 0 Å². The van der Waals surface area contributed by atoms with E-state index in [-0.39, 0.29) is 0 Å². The van der Waals surface area contributed by atoms with E-state index in [4.69, 9.17) is 0 Å². The molecule has 1 aliphatic heterocycles. The molecular weight excluding hydrogens is 220 g/mol. The van der Waals surface area contributed by atoms with Crippen LogP contribution in [0.25, 0.3) is 0 Å². The molecule has 0 saturated carbocycles. The van der Waals surface area contributed by atoms with Gasteiger partial charge in [-0.3, -0.25) is 4.90 Å². The van der Waals surface area contributed by atoms with E-state index in [1.807, 2.05) is 0 Å². The van der Waals surface area contributed by atoms with Gasteiger partial charge in [0.05, 0.1) is 0 Å². The Balaban J connectivity index is 1.95. The summed E-state index contributed by atoms with van der Waals surface area (Å²) in [6.45, 7) is 10.9. The Morgan fingerprint density at radius 3 is 2.72 bits per heavy atom. The summed E-state index contributed by atoms with van der Waals surface area (Å²) in [5.74, 6) is 0.551. The zero-order valence-corrected chi connectivity index (χ0v) is 10.9. The third-order valence-corrected chi connectivity index (χ3v) is 3.63. The highest BCUT2D eigenvalue weighted by Crippen LogP contribution is 2.20. The van der Waals surface area contributed by atoms with E-state index in [9.17, 15) is 0 Å². The quantitative estimate of drug-likeness (QED) is 0.799. The summed E-state index contributed by atoms with van der Waals surface area (Å²) >= 11 is 0.